The third-order valence-electron chi connectivity index (χ3n) is 4.74. The molecule has 0 radical (unpaired) electrons. The molecule has 2 aromatic carbocycles. The zero-order valence-corrected chi connectivity index (χ0v) is 14.5. The maximum absolute atomic E-state index is 12.3. The Labute approximate surface area is 151 Å². The van der Waals surface area contributed by atoms with E-state index < -0.39 is 5.97 Å². The molecule has 0 aliphatic carbocycles. The average molecular weight is 354 g/mol. The van der Waals surface area contributed by atoms with Gasteiger partial charge in [-0.05, 0) is 35.7 Å². The van der Waals surface area contributed by atoms with Gasteiger partial charge in [-0.25, -0.2) is 0 Å². The maximum atomic E-state index is 12.3. The van der Waals surface area contributed by atoms with Crippen molar-refractivity contribution in [3.8, 4) is 0 Å². The minimum atomic E-state index is -0.890. The van der Waals surface area contributed by atoms with Crippen molar-refractivity contribution in [2.24, 2.45) is 0 Å². The van der Waals surface area contributed by atoms with Crippen LogP contribution in [0.15, 0.2) is 42.5 Å². The van der Waals surface area contributed by atoms with Crippen molar-refractivity contribution in [3.63, 3.8) is 0 Å². The van der Waals surface area contributed by atoms with Gasteiger partial charge < -0.3 is 15.3 Å². The molecule has 6 nitrogen and oxygen atoms in total. The number of carbonyl (C=O) groups excluding carboxylic acids is 2. The quantitative estimate of drug-likeness (QED) is 0.834. The number of aliphatic carboxylic acids is 1. The molecule has 1 heterocycles. The van der Waals surface area contributed by atoms with Crippen LogP contribution in [-0.4, -0.2) is 46.9 Å². The van der Waals surface area contributed by atoms with Crippen LogP contribution >= 0.6 is 0 Å². The van der Waals surface area contributed by atoms with E-state index in [1.165, 1.54) is 0 Å². The van der Waals surface area contributed by atoms with Gasteiger partial charge in [0.15, 0.2) is 0 Å². The van der Waals surface area contributed by atoms with Crippen molar-refractivity contribution < 1.29 is 19.5 Å². The highest BCUT2D eigenvalue weighted by molar-refractivity contribution is 5.98. The van der Waals surface area contributed by atoms with Crippen molar-refractivity contribution >= 4 is 28.6 Å². The molecular weight excluding hydrogens is 332 g/mol. The lowest BCUT2D eigenvalue weighted by atomic mass is 10.1. The fourth-order valence-corrected chi connectivity index (χ4v) is 3.44. The minimum Gasteiger partial charge on any atom is -0.481 e. The highest BCUT2D eigenvalue weighted by Gasteiger charge is 2.29. The molecule has 0 spiro atoms. The fourth-order valence-electron chi connectivity index (χ4n) is 3.44. The number of hydrogen-bond acceptors (Lipinski definition) is 3. The van der Waals surface area contributed by atoms with Crippen molar-refractivity contribution in [2.45, 2.75) is 31.7 Å². The molecule has 3 rings (SSSR count). The number of rotatable bonds is 6. The molecule has 136 valence electrons. The van der Waals surface area contributed by atoms with Gasteiger partial charge in [0.2, 0.25) is 5.91 Å². The number of hydrogen-bond donors (Lipinski definition) is 2. The van der Waals surface area contributed by atoms with Crippen LogP contribution in [0.1, 0.15) is 36.0 Å². The lowest BCUT2D eigenvalue weighted by molar-refractivity contribution is -0.139. The van der Waals surface area contributed by atoms with Gasteiger partial charge in [-0.3, -0.25) is 14.4 Å². The van der Waals surface area contributed by atoms with E-state index in [-0.39, 0.29) is 37.2 Å². The molecule has 1 unspecified atom stereocenters. The molecule has 1 atom stereocenters. The molecule has 1 saturated heterocycles. The summed E-state index contributed by atoms with van der Waals surface area (Å²) in [6.45, 7) is 0.830. The molecule has 1 aliphatic heterocycles. The summed E-state index contributed by atoms with van der Waals surface area (Å²) in [4.78, 5) is 37.1. The fraction of sp³-hybridized carbons (Fsp3) is 0.350. The van der Waals surface area contributed by atoms with Gasteiger partial charge in [-0.1, -0.05) is 30.3 Å². The number of carboxylic acid groups (broad SMARTS) is 1. The van der Waals surface area contributed by atoms with Crippen LogP contribution < -0.4 is 5.32 Å². The van der Waals surface area contributed by atoms with Crippen LogP contribution in [0.5, 0.6) is 0 Å². The first-order chi connectivity index (χ1) is 12.5. The molecule has 1 fully saturated rings. The van der Waals surface area contributed by atoms with Gasteiger partial charge in [-0.2, -0.15) is 0 Å². The van der Waals surface area contributed by atoms with E-state index in [4.69, 9.17) is 5.11 Å². The topological polar surface area (TPSA) is 86.7 Å². The molecule has 0 saturated carbocycles. The Morgan fingerprint density at radius 1 is 1.12 bits per heavy atom. The molecule has 1 aliphatic rings. The third kappa shape index (κ3) is 4.20. The molecule has 2 aromatic rings. The number of carboxylic acids is 1. The summed E-state index contributed by atoms with van der Waals surface area (Å²) < 4.78 is 0. The monoisotopic (exact) mass is 354 g/mol. The summed E-state index contributed by atoms with van der Waals surface area (Å²) in [5.74, 6) is -1.21. The molecule has 2 N–H and O–H groups in total. The smallest absolute Gasteiger partial charge is 0.305 e. The van der Waals surface area contributed by atoms with Crippen LogP contribution in [0, 0.1) is 0 Å². The first kappa shape index (κ1) is 17.9. The molecule has 26 heavy (non-hydrogen) atoms. The predicted octanol–water partition coefficient (Wildman–Crippen LogP) is 2.43. The molecule has 0 aromatic heterocycles. The predicted molar refractivity (Wildman–Crippen MR) is 97.9 cm³/mol. The van der Waals surface area contributed by atoms with Crippen molar-refractivity contribution in [1.82, 2.24) is 10.2 Å². The molecule has 2 amide bonds. The third-order valence-corrected chi connectivity index (χ3v) is 4.74. The number of fused-ring (bicyclic) bond motifs is 1. The first-order valence-corrected chi connectivity index (χ1v) is 8.83. The van der Waals surface area contributed by atoms with E-state index in [0.29, 0.717) is 12.1 Å². The normalized spacial score (nSPS) is 16.6. The number of carbonyl (C=O) groups is 3. The summed E-state index contributed by atoms with van der Waals surface area (Å²) in [5, 5.41) is 13.8. The number of nitrogens with zero attached hydrogens (tertiary/aromatic N) is 1. The van der Waals surface area contributed by atoms with Gasteiger partial charge in [-0.15, -0.1) is 0 Å². The number of benzene rings is 2. The zero-order valence-electron chi connectivity index (χ0n) is 14.5. The Morgan fingerprint density at radius 2 is 1.88 bits per heavy atom. The lowest BCUT2D eigenvalue weighted by Gasteiger charge is -2.23. The Balaban J connectivity index is 1.52. The second-order valence-electron chi connectivity index (χ2n) is 6.55. The van der Waals surface area contributed by atoms with Gasteiger partial charge in [0.1, 0.15) is 0 Å². The lowest BCUT2D eigenvalue weighted by Crippen LogP contribution is -2.38. The zero-order chi connectivity index (χ0) is 18.5. The van der Waals surface area contributed by atoms with E-state index in [2.05, 4.69) is 5.32 Å². The van der Waals surface area contributed by atoms with Gasteiger partial charge in [0.25, 0.3) is 5.91 Å². The molecular formula is C20H22N2O4. The summed E-state index contributed by atoms with van der Waals surface area (Å²) in [5.41, 5.74) is 0.557. The van der Waals surface area contributed by atoms with Crippen LogP contribution in [0.25, 0.3) is 10.8 Å². The Morgan fingerprint density at radius 3 is 2.65 bits per heavy atom. The van der Waals surface area contributed by atoms with E-state index in [1.54, 1.807) is 11.0 Å². The number of likely N-dealkylation sites (tertiary alicyclic amines) is 1. The second kappa shape index (κ2) is 7.99. The van der Waals surface area contributed by atoms with Crippen LogP contribution in [0.2, 0.25) is 0 Å². The maximum Gasteiger partial charge on any atom is 0.305 e. The highest BCUT2D eigenvalue weighted by atomic mass is 16.4. The van der Waals surface area contributed by atoms with Crippen LogP contribution in [0.3, 0.4) is 0 Å². The highest BCUT2D eigenvalue weighted by Crippen LogP contribution is 2.21. The van der Waals surface area contributed by atoms with Crippen molar-refractivity contribution in [2.75, 3.05) is 13.1 Å². The average Bonchev–Trinajstić information content (AvgIpc) is 3.08. The summed E-state index contributed by atoms with van der Waals surface area (Å²) in [7, 11) is 0. The SMILES string of the molecule is O=C(O)CC1CCCN1C(=O)CCNC(=O)c1ccc2ccccc2c1. The molecule has 6 heteroatoms. The Hall–Kier alpha value is -2.89. The minimum absolute atomic E-state index is 0.0187. The summed E-state index contributed by atoms with van der Waals surface area (Å²) >= 11 is 0. The Kier molecular flexibility index (Phi) is 5.51. The van der Waals surface area contributed by atoms with E-state index >= 15 is 0 Å². The van der Waals surface area contributed by atoms with Gasteiger partial charge in [0.05, 0.1) is 6.42 Å². The van der Waals surface area contributed by atoms with Crippen LogP contribution in [-0.2, 0) is 9.59 Å². The summed E-state index contributed by atoms with van der Waals surface area (Å²) in [6, 6.07) is 13.1. The van der Waals surface area contributed by atoms with Gasteiger partial charge >= 0.3 is 5.97 Å². The summed E-state index contributed by atoms with van der Waals surface area (Å²) in [6.07, 6.45) is 1.71. The van der Waals surface area contributed by atoms with Crippen molar-refractivity contribution in [3.05, 3.63) is 48.0 Å². The number of amides is 2. The number of nitrogens with one attached hydrogen (secondary N) is 1. The first-order valence-electron chi connectivity index (χ1n) is 8.83. The largest absolute Gasteiger partial charge is 0.481 e. The van der Waals surface area contributed by atoms with E-state index in [9.17, 15) is 14.4 Å². The van der Waals surface area contributed by atoms with Gasteiger partial charge in [0, 0.05) is 31.1 Å². The standard InChI is InChI=1S/C20H22N2O4/c23-18(22-11-3-6-17(22)13-19(24)25)9-10-21-20(26)16-8-7-14-4-1-2-5-15(14)12-16/h1-2,4-5,7-8,12,17H,3,6,9-11,13H2,(H,21,26)(H,24,25). The van der Waals surface area contributed by atoms with Crippen LogP contribution in [0.4, 0.5) is 0 Å². The van der Waals surface area contributed by atoms with Crippen molar-refractivity contribution in [1.29, 1.82) is 0 Å². The van der Waals surface area contributed by atoms with E-state index in [1.807, 2.05) is 36.4 Å². The second-order valence-corrected chi connectivity index (χ2v) is 6.55. The molecule has 0 bridgehead atoms. The Bertz CT molecular complexity index is 833. The van der Waals surface area contributed by atoms with E-state index in [0.717, 1.165) is 23.6 Å².